The topological polar surface area (TPSA) is 59.0 Å². The van der Waals surface area contributed by atoms with Crippen molar-refractivity contribution in [1.82, 2.24) is 4.90 Å². The van der Waals surface area contributed by atoms with Crippen molar-refractivity contribution in [2.45, 2.75) is 103 Å². The van der Waals surface area contributed by atoms with Gasteiger partial charge in [0.15, 0.2) is 6.10 Å². The van der Waals surface area contributed by atoms with Gasteiger partial charge in [-0.15, -0.1) is 0 Å². The number of nitrogens with zero attached hydrogens (tertiary/aromatic N) is 2. The van der Waals surface area contributed by atoms with Crippen LogP contribution in [0.5, 0.6) is 0 Å². The van der Waals surface area contributed by atoms with Crippen molar-refractivity contribution >= 4 is 5.97 Å². The Labute approximate surface area is 230 Å². The maximum absolute atomic E-state index is 12.5. The molecule has 214 valence electrons. The van der Waals surface area contributed by atoms with E-state index < -0.39 is 0 Å². The quantitative estimate of drug-likeness (QED) is 0.325. The van der Waals surface area contributed by atoms with E-state index in [9.17, 15) is 9.90 Å². The van der Waals surface area contributed by atoms with Crippen molar-refractivity contribution < 1.29 is 23.9 Å². The number of aliphatic hydroxyl groups excluding tert-OH is 1. The number of rotatable bonds is 5. The maximum atomic E-state index is 12.5. The Bertz CT molecular complexity index is 898. The van der Waals surface area contributed by atoms with Crippen molar-refractivity contribution in [2.24, 2.45) is 34.5 Å². The molecule has 2 heterocycles. The number of fused-ring (bicyclic) bond motifs is 5. The molecule has 6 nitrogen and oxygen atoms in total. The maximum Gasteiger partial charge on any atom is 0.303 e. The predicted octanol–water partition coefficient (Wildman–Crippen LogP) is 4.41. The number of hydrogen-bond acceptors (Lipinski definition) is 5. The van der Waals surface area contributed by atoms with Gasteiger partial charge in [0.25, 0.3) is 0 Å². The summed E-state index contributed by atoms with van der Waals surface area (Å²) >= 11 is 0. The highest BCUT2D eigenvalue weighted by atomic mass is 16.5. The zero-order valence-corrected chi connectivity index (χ0v) is 24.3. The SMILES string of the molecule is C=CC[N+]1([C@H]2C[C@H]3[C@@H]4CC[C@@H]5C[C@H](O)[C@@H](N6CCOCC6)C[C@]5(C)[C@H]4CC[C@]3(C)[C@H]2OC(C)=O)CCCC1. The lowest BCUT2D eigenvalue weighted by molar-refractivity contribution is -0.937. The van der Waals surface area contributed by atoms with Crippen LogP contribution in [0.25, 0.3) is 0 Å². The normalized spacial score (nSPS) is 48.5. The zero-order valence-electron chi connectivity index (χ0n) is 24.3. The molecule has 6 aliphatic rings. The number of likely N-dealkylation sites (tertiary alicyclic amines) is 1. The number of morpholine rings is 1. The first-order valence-corrected chi connectivity index (χ1v) is 15.9. The molecule has 6 heteroatoms. The molecule has 6 rings (SSSR count). The highest BCUT2D eigenvalue weighted by Crippen LogP contribution is 2.67. The second-order valence-corrected chi connectivity index (χ2v) is 14.6. The first-order chi connectivity index (χ1) is 18.2. The van der Waals surface area contributed by atoms with E-state index in [1.54, 1.807) is 6.92 Å². The van der Waals surface area contributed by atoms with Gasteiger partial charge < -0.3 is 19.1 Å². The van der Waals surface area contributed by atoms with Crippen LogP contribution in [0.15, 0.2) is 12.7 Å². The van der Waals surface area contributed by atoms with Crippen molar-refractivity contribution in [1.29, 1.82) is 0 Å². The van der Waals surface area contributed by atoms with Crippen LogP contribution in [-0.4, -0.2) is 90.7 Å². The Morgan fingerprint density at radius 2 is 1.84 bits per heavy atom. The second kappa shape index (κ2) is 10.2. The highest BCUT2D eigenvalue weighted by molar-refractivity contribution is 5.66. The molecule has 0 bridgehead atoms. The van der Waals surface area contributed by atoms with E-state index in [4.69, 9.17) is 9.47 Å². The fourth-order valence-corrected chi connectivity index (χ4v) is 11.3. The molecular formula is C32H53N2O4+. The van der Waals surface area contributed by atoms with Crippen molar-refractivity contribution in [3.05, 3.63) is 12.7 Å². The molecule has 2 aliphatic heterocycles. The summed E-state index contributed by atoms with van der Waals surface area (Å²) in [6.45, 7) is 17.7. The van der Waals surface area contributed by atoms with E-state index in [1.807, 2.05) is 0 Å². The smallest absolute Gasteiger partial charge is 0.303 e. The number of carbonyl (C=O) groups is 1. The van der Waals surface area contributed by atoms with E-state index in [0.717, 1.165) is 56.6 Å². The molecule has 0 amide bonds. The lowest BCUT2D eigenvalue weighted by atomic mass is 9.44. The van der Waals surface area contributed by atoms with Crippen LogP contribution in [0, 0.1) is 34.5 Å². The van der Waals surface area contributed by atoms with Crippen molar-refractivity contribution in [2.75, 3.05) is 45.9 Å². The Morgan fingerprint density at radius 1 is 1.11 bits per heavy atom. The highest BCUT2D eigenvalue weighted by Gasteiger charge is 2.67. The standard InChI is InChI=1S/C32H53N2O4/c1-5-14-34(15-6-7-16-34)28-20-26-24-9-8-23-19-29(36)27(33-12-17-37-18-13-33)21-32(23,4)25(24)10-11-31(26,3)30(28)38-22(2)35/h5,23-30,36H,1,6-21H2,2-4H3/q+1/t23-,24-,25+,26+,27+,28+,29+,30+,31+,32+/m1/s1. The molecule has 2 saturated heterocycles. The van der Waals surface area contributed by atoms with Gasteiger partial charge in [0.1, 0.15) is 6.04 Å². The zero-order chi connectivity index (χ0) is 26.7. The van der Waals surface area contributed by atoms with E-state index in [2.05, 4.69) is 31.4 Å². The third kappa shape index (κ3) is 4.23. The summed E-state index contributed by atoms with van der Waals surface area (Å²) in [5.41, 5.74) is 0.343. The third-order valence-corrected chi connectivity index (χ3v) is 13.1. The molecule has 0 unspecified atom stereocenters. The van der Waals surface area contributed by atoms with Crippen LogP contribution in [0.3, 0.4) is 0 Å². The number of hydrogen-bond donors (Lipinski definition) is 1. The van der Waals surface area contributed by atoms with E-state index in [0.29, 0.717) is 29.7 Å². The second-order valence-electron chi connectivity index (χ2n) is 14.6. The summed E-state index contributed by atoms with van der Waals surface area (Å²) in [5.74, 6) is 2.54. The van der Waals surface area contributed by atoms with Crippen LogP contribution >= 0.6 is 0 Å². The number of carbonyl (C=O) groups excluding carboxylic acids is 1. The summed E-state index contributed by atoms with van der Waals surface area (Å²) in [5, 5.41) is 11.3. The molecular weight excluding hydrogens is 476 g/mol. The molecule has 10 atom stereocenters. The van der Waals surface area contributed by atoms with Crippen molar-refractivity contribution in [3.8, 4) is 0 Å². The van der Waals surface area contributed by atoms with E-state index in [-0.39, 0.29) is 35.0 Å². The lowest BCUT2D eigenvalue weighted by Gasteiger charge is -2.62. The minimum absolute atomic E-state index is 0.0174. The molecule has 4 aliphatic carbocycles. The molecule has 0 aromatic carbocycles. The molecule has 1 N–H and O–H groups in total. The molecule has 4 saturated carbocycles. The number of aliphatic hydroxyl groups is 1. The number of quaternary nitrogens is 1. The Kier molecular flexibility index (Phi) is 7.27. The van der Waals surface area contributed by atoms with Gasteiger partial charge in [-0.3, -0.25) is 9.69 Å². The summed E-state index contributed by atoms with van der Waals surface area (Å²) in [4.78, 5) is 15.0. The average molecular weight is 530 g/mol. The summed E-state index contributed by atoms with van der Waals surface area (Å²) in [6.07, 6.45) is 12.7. The third-order valence-electron chi connectivity index (χ3n) is 13.1. The van der Waals surface area contributed by atoms with Gasteiger partial charge in [-0.2, -0.15) is 0 Å². The first kappa shape index (κ1) is 27.2. The van der Waals surface area contributed by atoms with Gasteiger partial charge in [-0.1, -0.05) is 20.4 Å². The molecule has 0 radical (unpaired) electrons. The average Bonchev–Trinajstić information content (AvgIpc) is 3.48. The van der Waals surface area contributed by atoms with Crippen LogP contribution in [-0.2, 0) is 14.3 Å². The van der Waals surface area contributed by atoms with Crippen LogP contribution in [0.2, 0.25) is 0 Å². The van der Waals surface area contributed by atoms with Gasteiger partial charge in [-0.05, 0) is 73.7 Å². The molecule has 0 aromatic rings. The molecule has 6 fully saturated rings. The summed E-state index contributed by atoms with van der Waals surface area (Å²) in [7, 11) is 0. The van der Waals surface area contributed by atoms with Gasteiger partial charge in [-0.25, -0.2) is 0 Å². The molecule has 38 heavy (non-hydrogen) atoms. The Hall–Kier alpha value is -0.950. The van der Waals surface area contributed by atoms with Gasteiger partial charge >= 0.3 is 5.97 Å². The minimum Gasteiger partial charge on any atom is -0.456 e. The fraction of sp³-hybridized carbons (Fsp3) is 0.906. The van der Waals surface area contributed by atoms with Crippen LogP contribution in [0.1, 0.15) is 78.6 Å². The van der Waals surface area contributed by atoms with Crippen LogP contribution in [0.4, 0.5) is 0 Å². The predicted molar refractivity (Wildman–Crippen MR) is 148 cm³/mol. The first-order valence-electron chi connectivity index (χ1n) is 15.9. The summed E-state index contributed by atoms with van der Waals surface area (Å²) < 4.78 is 13.1. The molecule has 0 aromatic heterocycles. The molecule has 0 spiro atoms. The Balaban J connectivity index is 1.30. The monoisotopic (exact) mass is 529 g/mol. The largest absolute Gasteiger partial charge is 0.456 e. The van der Waals surface area contributed by atoms with Crippen molar-refractivity contribution in [3.63, 3.8) is 0 Å². The number of esters is 1. The van der Waals surface area contributed by atoms with Gasteiger partial charge in [0.2, 0.25) is 0 Å². The van der Waals surface area contributed by atoms with Gasteiger partial charge in [0, 0.05) is 50.7 Å². The summed E-state index contributed by atoms with van der Waals surface area (Å²) in [6, 6.07) is 0.663. The minimum atomic E-state index is -0.209. The van der Waals surface area contributed by atoms with Crippen LogP contribution < -0.4 is 0 Å². The van der Waals surface area contributed by atoms with E-state index >= 15 is 0 Å². The van der Waals surface area contributed by atoms with Gasteiger partial charge in [0.05, 0.1) is 39.0 Å². The Morgan fingerprint density at radius 3 is 2.53 bits per heavy atom. The fourth-order valence-electron chi connectivity index (χ4n) is 11.3. The number of ether oxygens (including phenoxy) is 2. The lowest BCUT2D eigenvalue weighted by Crippen LogP contribution is -2.61. The van der Waals surface area contributed by atoms with E-state index in [1.165, 1.54) is 51.6 Å².